The highest BCUT2D eigenvalue weighted by Gasteiger charge is 1.88. The lowest BCUT2D eigenvalue weighted by Crippen LogP contribution is -1.82. The molecule has 0 radical (unpaired) electrons. The number of azide groups is 1. The van der Waals surface area contributed by atoms with E-state index in [9.17, 15) is 0 Å². The van der Waals surface area contributed by atoms with Crippen LogP contribution in [0.1, 0.15) is 18.4 Å². The molecule has 0 N–H and O–H groups in total. The molecule has 0 fully saturated rings. The molecule has 1 rings (SSSR count). The second-order valence-corrected chi connectivity index (χ2v) is 3.65. The molecule has 0 bridgehead atoms. The van der Waals surface area contributed by atoms with Gasteiger partial charge in [0, 0.05) is 11.5 Å². The zero-order valence-electron chi connectivity index (χ0n) is 9.87. The highest BCUT2D eigenvalue weighted by molar-refractivity contribution is 5.14. The summed E-state index contributed by atoms with van der Waals surface area (Å²) in [4.78, 5) is 2.67. The van der Waals surface area contributed by atoms with Crippen LogP contribution in [-0.2, 0) is 6.42 Å². The van der Waals surface area contributed by atoms with E-state index in [1.807, 2.05) is 24.3 Å². The van der Waals surface area contributed by atoms with Gasteiger partial charge in [0.05, 0.1) is 0 Å². The Morgan fingerprint density at radius 1 is 1.12 bits per heavy atom. The lowest BCUT2D eigenvalue weighted by molar-refractivity contribution is 0.843. The molecule has 0 saturated carbocycles. The Morgan fingerprint density at radius 2 is 1.88 bits per heavy atom. The molecular weight excluding hydrogens is 210 g/mol. The zero-order chi connectivity index (χ0) is 12.2. The van der Waals surface area contributed by atoms with E-state index in [-0.39, 0.29) is 0 Å². The van der Waals surface area contributed by atoms with Gasteiger partial charge in [-0.15, -0.1) is 0 Å². The third kappa shape index (κ3) is 6.98. The van der Waals surface area contributed by atoms with Gasteiger partial charge in [-0.05, 0) is 30.4 Å². The predicted octanol–water partition coefficient (Wildman–Crippen LogP) is 4.43. The number of nitrogens with zero attached hydrogens (tertiary/aromatic N) is 3. The van der Waals surface area contributed by atoms with Crippen LogP contribution in [0.2, 0.25) is 0 Å². The van der Waals surface area contributed by atoms with Crippen molar-refractivity contribution in [3.05, 3.63) is 70.6 Å². The van der Waals surface area contributed by atoms with Crippen molar-refractivity contribution in [2.75, 3.05) is 6.54 Å². The second kappa shape index (κ2) is 9.25. The first-order valence-electron chi connectivity index (χ1n) is 5.80. The second-order valence-electron chi connectivity index (χ2n) is 3.65. The molecule has 0 amide bonds. The van der Waals surface area contributed by atoms with Gasteiger partial charge < -0.3 is 0 Å². The maximum Gasteiger partial charge on any atom is 0.0443 e. The van der Waals surface area contributed by atoms with E-state index in [4.69, 9.17) is 5.53 Å². The summed E-state index contributed by atoms with van der Waals surface area (Å²) in [7, 11) is 0. The summed E-state index contributed by atoms with van der Waals surface area (Å²) < 4.78 is 0. The number of allylic oxidation sites excluding steroid dienone is 3. The van der Waals surface area contributed by atoms with Gasteiger partial charge in [0.15, 0.2) is 0 Å². The minimum Gasteiger partial charge on any atom is -0.0899 e. The third-order valence-corrected chi connectivity index (χ3v) is 2.31. The molecule has 0 heterocycles. The topological polar surface area (TPSA) is 48.8 Å². The van der Waals surface area contributed by atoms with Crippen LogP contribution in [0, 0.1) is 0 Å². The van der Waals surface area contributed by atoms with Crippen molar-refractivity contribution < 1.29 is 0 Å². The normalized spacial score (nSPS) is 10.8. The Balaban J connectivity index is 2.10. The molecule has 0 spiro atoms. The van der Waals surface area contributed by atoms with Crippen LogP contribution in [0.5, 0.6) is 0 Å². The Bertz CT molecular complexity index is 401. The molecule has 17 heavy (non-hydrogen) atoms. The van der Waals surface area contributed by atoms with E-state index in [1.165, 1.54) is 5.56 Å². The molecular formula is C14H17N3. The number of rotatable bonds is 7. The fraction of sp³-hybridized carbons (Fsp3) is 0.286. The van der Waals surface area contributed by atoms with E-state index in [0.29, 0.717) is 6.54 Å². The van der Waals surface area contributed by atoms with E-state index in [2.05, 4.69) is 40.4 Å². The zero-order valence-corrected chi connectivity index (χ0v) is 9.87. The molecule has 88 valence electrons. The molecule has 0 aromatic heterocycles. The average Bonchev–Trinajstić information content (AvgIpc) is 2.38. The van der Waals surface area contributed by atoms with E-state index >= 15 is 0 Å². The minimum atomic E-state index is 0.421. The van der Waals surface area contributed by atoms with Gasteiger partial charge in [0.2, 0.25) is 0 Å². The molecule has 0 aliphatic rings. The number of unbranched alkanes of at least 4 members (excludes halogenated alkanes) is 1. The number of aryl methyl sites for hydroxylation is 1. The molecule has 0 atom stereocenters. The van der Waals surface area contributed by atoms with Gasteiger partial charge in [-0.1, -0.05) is 59.8 Å². The number of benzene rings is 1. The van der Waals surface area contributed by atoms with Gasteiger partial charge in [-0.2, -0.15) is 0 Å². The van der Waals surface area contributed by atoms with Crippen molar-refractivity contribution in [3.63, 3.8) is 0 Å². The SMILES string of the molecule is [N-]=[N+]=NCC=CC=CCCCc1ccccc1. The summed E-state index contributed by atoms with van der Waals surface area (Å²) in [6.45, 7) is 0.421. The largest absolute Gasteiger partial charge is 0.0899 e. The summed E-state index contributed by atoms with van der Waals surface area (Å²) >= 11 is 0. The van der Waals surface area contributed by atoms with E-state index < -0.39 is 0 Å². The van der Waals surface area contributed by atoms with Gasteiger partial charge in [0.1, 0.15) is 0 Å². The molecule has 1 aromatic carbocycles. The molecule has 0 unspecified atom stereocenters. The van der Waals surface area contributed by atoms with Crippen molar-refractivity contribution >= 4 is 0 Å². The van der Waals surface area contributed by atoms with Crippen molar-refractivity contribution in [1.82, 2.24) is 0 Å². The molecule has 3 heteroatoms. The van der Waals surface area contributed by atoms with Crippen molar-refractivity contribution in [2.24, 2.45) is 5.11 Å². The maximum absolute atomic E-state index is 8.05. The molecule has 1 aromatic rings. The van der Waals surface area contributed by atoms with Crippen molar-refractivity contribution in [1.29, 1.82) is 0 Å². The van der Waals surface area contributed by atoms with Crippen LogP contribution in [0.4, 0.5) is 0 Å². The Labute approximate surface area is 102 Å². The lowest BCUT2D eigenvalue weighted by Gasteiger charge is -1.97. The van der Waals surface area contributed by atoms with Crippen LogP contribution in [-0.4, -0.2) is 6.54 Å². The van der Waals surface area contributed by atoms with Gasteiger partial charge in [-0.25, -0.2) is 0 Å². The van der Waals surface area contributed by atoms with Crippen LogP contribution in [0.3, 0.4) is 0 Å². The summed E-state index contributed by atoms with van der Waals surface area (Å²) in [6.07, 6.45) is 11.2. The van der Waals surface area contributed by atoms with Gasteiger partial charge in [-0.3, -0.25) is 0 Å². The monoisotopic (exact) mass is 227 g/mol. The maximum atomic E-state index is 8.05. The average molecular weight is 227 g/mol. The number of hydrogen-bond acceptors (Lipinski definition) is 1. The highest BCUT2D eigenvalue weighted by Crippen LogP contribution is 2.04. The van der Waals surface area contributed by atoms with E-state index in [1.54, 1.807) is 0 Å². The molecule has 0 saturated heterocycles. The standard InChI is InChI=1S/C14H17N3/c15-17-16-13-9-4-2-1-3-6-10-14-11-7-5-8-12-14/h1-2,4-5,7-9,11-12H,3,6,10,13H2. The summed E-state index contributed by atoms with van der Waals surface area (Å²) in [5, 5.41) is 3.41. The smallest absolute Gasteiger partial charge is 0.0443 e. The first kappa shape index (κ1) is 13.1. The van der Waals surface area contributed by atoms with Crippen molar-refractivity contribution in [3.8, 4) is 0 Å². The highest BCUT2D eigenvalue weighted by atomic mass is 15.1. The minimum absolute atomic E-state index is 0.421. The Hall–Kier alpha value is -1.99. The molecule has 3 nitrogen and oxygen atoms in total. The fourth-order valence-electron chi connectivity index (χ4n) is 1.47. The van der Waals surface area contributed by atoms with Crippen LogP contribution < -0.4 is 0 Å². The lowest BCUT2D eigenvalue weighted by atomic mass is 10.1. The van der Waals surface area contributed by atoms with Crippen molar-refractivity contribution in [2.45, 2.75) is 19.3 Å². The first-order valence-corrected chi connectivity index (χ1v) is 5.80. The fourth-order valence-corrected chi connectivity index (χ4v) is 1.47. The van der Waals surface area contributed by atoms with Gasteiger partial charge in [0.25, 0.3) is 0 Å². The molecule has 0 aliphatic carbocycles. The summed E-state index contributed by atoms with van der Waals surface area (Å²) in [5.74, 6) is 0. The Morgan fingerprint density at radius 3 is 2.65 bits per heavy atom. The number of hydrogen-bond donors (Lipinski definition) is 0. The van der Waals surface area contributed by atoms with Crippen LogP contribution in [0.25, 0.3) is 10.4 Å². The molecule has 0 aliphatic heterocycles. The van der Waals surface area contributed by atoms with Crippen LogP contribution in [0.15, 0.2) is 59.8 Å². The summed E-state index contributed by atoms with van der Waals surface area (Å²) in [5.41, 5.74) is 9.44. The van der Waals surface area contributed by atoms with Gasteiger partial charge >= 0.3 is 0 Å². The predicted molar refractivity (Wildman–Crippen MR) is 71.7 cm³/mol. The van der Waals surface area contributed by atoms with E-state index in [0.717, 1.165) is 19.3 Å². The third-order valence-electron chi connectivity index (χ3n) is 2.31. The summed E-state index contributed by atoms with van der Waals surface area (Å²) in [6, 6.07) is 10.5. The Kier molecular flexibility index (Phi) is 7.12. The quantitative estimate of drug-likeness (QED) is 0.217. The van der Waals surface area contributed by atoms with Crippen LogP contribution >= 0.6 is 0 Å². The first-order chi connectivity index (χ1) is 8.43.